The first-order valence-corrected chi connectivity index (χ1v) is 6.55. The number of hydrogen-bond acceptors (Lipinski definition) is 4. The van der Waals surface area contributed by atoms with Gasteiger partial charge in [-0.25, -0.2) is 8.42 Å². The summed E-state index contributed by atoms with van der Waals surface area (Å²) in [6, 6.07) is 0.363. The van der Waals surface area contributed by atoms with Crippen LogP contribution in [0.2, 0.25) is 0 Å². The molecule has 0 heterocycles. The second-order valence-electron chi connectivity index (χ2n) is 3.53. The highest BCUT2D eigenvalue weighted by Crippen LogP contribution is 1.81. The van der Waals surface area contributed by atoms with E-state index in [0.717, 1.165) is 6.26 Å². The second kappa shape index (κ2) is 5.98. The fourth-order valence-electron chi connectivity index (χ4n) is 0.852. The van der Waals surface area contributed by atoms with Crippen LogP contribution in [0.4, 0.5) is 0 Å². The molecule has 1 amide bonds. The molecule has 2 N–H and O–H groups in total. The minimum absolute atomic E-state index is 0.363. The predicted molar refractivity (Wildman–Crippen MR) is 55.9 cm³/mol. The molecule has 0 saturated heterocycles. The Balaban J connectivity index is 3.56. The number of carbonyl (C=O) groups excluding carboxylic acids is 1. The minimum Gasteiger partial charge on any atom is -0.354 e. The van der Waals surface area contributed by atoms with Gasteiger partial charge in [0.15, 0.2) is 9.84 Å². The van der Waals surface area contributed by atoms with E-state index >= 15 is 0 Å². The molecule has 0 aliphatic carbocycles. The van der Waals surface area contributed by atoms with Crippen molar-refractivity contribution in [2.75, 3.05) is 25.1 Å². The Morgan fingerprint density at radius 2 is 1.86 bits per heavy atom. The smallest absolute Gasteiger partial charge is 0.235 e. The van der Waals surface area contributed by atoms with Crippen LogP contribution < -0.4 is 10.6 Å². The number of sulfone groups is 1. The Labute approximate surface area is 85.2 Å². The molecule has 0 unspecified atom stereocenters. The molecule has 0 aliphatic rings. The summed E-state index contributed by atoms with van der Waals surface area (Å²) in [5.41, 5.74) is 0. The summed E-state index contributed by atoms with van der Waals surface area (Å²) in [6.07, 6.45) is 1.04. The molecular formula is C8H18N2O3S. The lowest BCUT2D eigenvalue weighted by Gasteiger charge is -2.08. The van der Waals surface area contributed by atoms with Gasteiger partial charge >= 0.3 is 0 Å². The first-order chi connectivity index (χ1) is 6.31. The molecular weight excluding hydrogens is 204 g/mol. The van der Waals surface area contributed by atoms with Gasteiger partial charge in [0.1, 0.15) is 5.75 Å². The van der Waals surface area contributed by atoms with Crippen molar-refractivity contribution in [3.63, 3.8) is 0 Å². The zero-order valence-electron chi connectivity index (χ0n) is 8.83. The lowest BCUT2D eigenvalue weighted by atomic mass is 10.4. The molecule has 0 spiro atoms. The van der Waals surface area contributed by atoms with Crippen LogP contribution in [-0.2, 0) is 14.6 Å². The fraction of sp³-hybridized carbons (Fsp3) is 0.875. The van der Waals surface area contributed by atoms with Gasteiger partial charge in [-0.3, -0.25) is 4.79 Å². The summed E-state index contributed by atoms with van der Waals surface area (Å²) in [5, 5.41) is 5.61. The molecule has 0 rings (SSSR count). The van der Waals surface area contributed by atoms with Crippen LogP contribution in [-0.4, -0.2) is 45.5 Å². The van der Waals surface area contributed by atoms with Gasteiger partial charge < -0.3 is 10.6 Å². The van der Waals surface area contributed by atoms with E-state index in [1.54, 1.807) is 0 Å². The van der Waals surface area contributed by atoms with Gasteiger partial charge in [-0.2, -0.15) is 0 Å². The Morgan fingerprint density at radius 1 is 1.29 bits per heavy atom. The van der Waals surface area contributed by atoms with Gasteiger partial charge in [-0.15, -0.1) is 0 Å². The topological polar surface area (TPSA) is 75.3 Å². The molecule has 14 heavy (non-hydrogen) atoms. The van der Waals surface area contributed by atoms with Gasteiger partial charge in [0.2, 0.25) is 5.91 Å². The maximum Gasteiger partial charge on any atom is 0.235 e. The number of hydrogen-bond donors (Lipinski definition) is 2. The molecule has 84 valence electrons. The van der Waals surface area contributed by atoms with Crippen molar-refractivity contribution in [3.05, 3.63) is 0 Å². The van der Waals surface area contributed by atoms with E-state index in [1.165, 1.54) is 0 Å². The largest absolute Gasteiger partial charge is 0.354 e. The highest BCUT2D eigenvalue weighted by molar-refractivity contribution is 7.91. The van der Waals surface area contributed by atoms with Gasteiger partial charge in [0.05, 0.1) is 0 Å². The Hall–Kier alpha value is -0.620. The van der Waals surface area contributed by atoms with Crippen molar-refractivity contribution in [1.29, 1.82) is 0 Å². The molecule has 5 nitrogen and oxygen atoms in total. The molecule has 0 atom stereocenters. The third-order valence-electron chi connectivity index (χ3n) is 1.39. The summed E-state index contributed by atoms with van der Waals surface area (Å²) in [4.78, 5) is 11.0. The van der Waals surface area contributed by atoms with E-state index in [1.807, 2.05) is 13.8 Å². The molecule has 0 bridgehead atoms. The third-order valence-corrected chi connectivity index (χ3v) is 2.18. The first-order valence-electron chi connectivity index (χ1n) is 4.49. The zero-order chi connectivity index (χ0) is 11.2. The monoisotopic (exact) mass is 222 g/mol. The Morgan fingerprint density at radius 3 is 2.29 bits per heavy atom. The van der Waals surface area contributed by atoms with Crippen molar-refractivity contribution in [3.8, 4) is 0 Å². The van der Waals surface area contributed by atoms with Crippen LogP contribution >= 0.6 is 0 Å². The van der Waals surface area contributed by atoms with Crippen molar-refractivity contribution >= 4 is 15.7 Å². The number of amides is 1. The normalized spacial score (nSPS) is 11.7. The van der Waals surface area contributed by atoms with Crippen molar-refractivity contribution in [2.45, 2.75) is 19.9 Å². The lowest BCUT2D eigenvalue weighted by Crippen LogP contribution is -2.37. The van der Waals surface area contributed by atoms with Crippen LogP contribution in [0.15, 0.2) is 0 Å². The molecule has 0 aliphatic heterocycles. The van der Waals surface area contributed by atoms with Crippen molar-refractivity contribution < 1.29 is 13.2 Å². The summed E-state index contributed by atoms with van der Waals surface area (Å²) >= 11 is 0. The highest BCUT2D eigenvalue weighted by Gasteiger charge is 2.09. The van der Waals surface area contributed by atoms with E-state index in [2.05, 4.69) is 10.6 Å². The number of nitrogens with one attached hydrogen (secondary N) is 2. The van der Waals surface area contributed by atoms with Crippen LogP contribution in [0.3, 0.4) is 0 Å². The summed E-state index contributed by atoms with van der Waals surface area (Å²) in [7, 11) is -3.21. The second-order valence-corrected chi connectivity index (χ2v) is 5.67. The molecule has 0 saturated carbocycles. The van der Waals surface area contributed by atoms with E-state index < -0.39 is 21.5 Å². The molecule has 0 radical (unpaired) electrons. The van der Waals surface area contributed by atoms with Crippen LogP contribution in [0, 0.1) is 0 Å². The minimum atomic E-state index is -3.21. The maximum absolute atomic E-state index is 11.0. The molecule has 0 fully saturated rings. The summed E-state index contributed by atoms with van der Waals surface area (Å²) < 4.78 is 21.4. The summed E-state index contributed by atoms with van der Waals surface area (Å²) in [5.74, 6) is -0.882. The standard InChI is InChI=1S/C8H18N2O3S/c1-7(2)9-4-5-10-8(11)6-14(3,12)13/h7,9H,4-6H2,1-3H3,(H,10,11). The van der Waals surface area contributed by atoms with Crippen LogP contribution in [0.25, 0.3) is 0 Å². The molecule has 0 aromatic heterocycles. The average Bonchev–Trinajstić information content (AvgIpc) is 1.94. The van der Waals surface area contributed by atoms with Gasteiger partial charge in [-0.1, -0.05) is 13.8 Å². The summed E-state index contributed by atoms with van der Waals surface area (Å²) in [6.45, 7) is 5.09. The number of rotatable bonds is 6. The maximum atomic E-state index is 11.0. The quantitative estimate of drug-likeness (QED) is 0.574. The molecule has 0 aromatic carbocycles. The van der Waals surface area contributed by atoms with Crippen LogP contribution in [0.5, 0.6) is 0 Å². The fourth-order valence-corrected chi connectivity index (χ4v) is 1.43. The van der Waals surface area contributed by atoms with Crippen molar-refractivity contribution in [1.82, 2.24) is 10.6 Å². The Kier molecular flexibility index (Phi) is 5.71. The van der Waals surface area contributed by atoms with Crippen molar-refractivity contribution in [2.24, 2.45) is 0 Å². The van der Waals surface area contributed by atoms with E-state index in [-0.39, 0.29) is 0 Å². The average molecular weight is 222 g/mol. The third kappa shape index (κ3) is 9.47. The predicted octanol–water partition coefficient (Wildman–Crippen LogP) is -0.855. The van der Waals surface area contributed by atoms with Crippen LogP contribution in [0.1, 0.15) is 13.8 Å². The Bertz CT molecular complexity index is 272. The SMILES string of the molecule is CC(C)NCCNC(=O)CS(C)(=O)=O. The van der Waals surface area contributed by atoms with Gasteiger partial charge in [0.25, 0.3) is 0 Å². The first kappa shape index (κ1) is 13.4. The molecule has 0 aromatic rings. The highest BCUT2D eigenvalue weighted by atomic mass is 32.2. The molecule has 6 heteroatoms. The van der Waals surface area contributed by atoms with E-state index in [9.17, 15) is 13.2 Å². The van der Waals surface area contributed by atoms with Gasteiger partial charge in [0, 0.05) is 25.4 Å². The lowest BCUT2D eigenvalue weighted by molar-refractivity contribution is -0.118. The zero-order valence-corrected chi connectivity index (χ0v) is 9.65. The number of carbonyl (C=O) groups is 1. The van der Waals surface area contributed by atoms with E-state index in [4.69, 9.17) is 0 Å². The van der Waals surface area contributed by atoms with E-state index in [0.29, 0.717) is 19.1 Å². The van der Waals surface area contributed by atoms with Gasteiger partial charge in [-0.05, 0) is 0 Å².